The van der Waals surface area contributed by atoms with Crippen molar-refractivity contribution >= 4 is 30.3 Å². The maximum atomic E-state index is 13.9. The number of benzene rings is 3. The molecule has 2 amide bonds. The molecular formula is C64H87N3O10. The van der Waals surface area contributed by atoms with Gasteiger partial charge in [0.15, 0.2) is 6.40 Å². The van der Waals surface area contributed by atoms with Gasteiger partial charge >= 0.3 is 18.0 Å². The fourth-order valence-electron chi connectivity index (χ4n) is 15.0. The summed E-state index contributed by atoms with van der Waals surface area (Å²) < 4.78 is 30.0. The molecule has 418 valence electrons. The molecule has 1 aliphatic heterocycles. The third-order valence-electron chi connectivity index (χ3n) is 19.1. The Hall–Kier alpha value is -5.69. The van der Waals surface area contributed by atoms with Crippen LogP contribution in [-0.2, 0) is 34.2 Å². The summed E-state index contributed by atoms with van der Waals surface area (Å²) in [7, 11) is 1.60. The highest BCUT2D eigenvalue weighted by molar-refractivity contribution is 5.78. The maximum absolute atomic E-state index is 13.9. The maximum Gasteiger partial charge on any atom is 0.407 e. The third kappa shape index (κ3) is 13.3. The number of methoxy groups -OCH3 is 1. The van der Waals surface area contributed by atoms with Gasteiger partial charge in [0, 0.05) is 31.8 Å². The number of carboxylic acids is 1. The molecule has 3 saturated carbocycles. The van der Waals surface area contributed by atoms with E-state index in [2.05, 4.69) is 46.0 Å². The van der Waals surface area contributed by atoms with Crippen LogP contribution in [0.1, 0.15) is 160 Å². The van der Waals surface area contributed by atoms with Crippen LogP contribution in [0.15, 0.2) is 90.5 Å². The first-order chi connectivity index (χ1) is 37.1. The number of amides is 2. The molecule has 8 rings (SSSR count). The van der Waals surface area contributed by atoms with E-state index in [-0.39, 0.29) is 62.5 Å². The summed E-state index contributed by atoms with van der Waals surface area (Å²) in [4.78, 5) is 53.2. The van der Waals surface area contributed by atoms with Gasteiger partial charge in [0.1, 0.15) is 29.3 Å². The number of fused-ring (bicyclic) bond motifs is 5. The largest absolute Gasteiger partial charge is 0.497 e. The molecule has 5 aliphatic rings. The number of rotatable bonds is 25. The number of allylic oxidation sites excluding steroid dienone is 1. The lowest BCUT2D eigenvalue weighted by atomic mass is 9.47. The first kappa shape index (κ1) is 57.5. The lowest BCUT2D eigenvalue weighted by Gasteiger charge is -2.58. The first-order valence-corrected chi connectivity index (χ1v) is 29.0. The molecule has 0 aromatic heterocycles. The van der Waals surface area contributed by atoms with E-state index < -0.39 is 29.6 Å². The molecule has 3 aromatic carbocycles. The summed E-state index contributed by atoms with van der Waals surface area (Å²) in [6.45, 7) is 13.4. The van der Waals surface area contributed by atoms with Crippen LogP contribution >= 0.6 is 0 Å². The molecule has 3 aromatic rings. The van der Waals surface area contributed by atoms with E-state index in [4.69, 9.17) is 29.1 Å². The minimum absolute atomic E-state index is 0.0690. The predicted octanol–water partition coefficient (Wildman–Crippen LogP) is 12.9. The summed E-state index contributed by atoms with van der Waals surface area (Å²) in [6, 6.07) is 24.7. The fraction of sp³-hybridized carbons (Fsp3) is 0.609. The first-order valence-electron chi connectivity index (χ1n) is 29.0. The Labute approximate surface area is 458 Å². The zero-order valence-electron chi connectivity index (χ0n) is 46.8. The molecule has 1 saturated heterocycles. The molecule has 11 atom stereocenters. The van der Waals surface area contributed by atoms with E-state index in [1.54, 1.807) is 24.1 Å². The number of esters is 1. The normalized spacial score (nSPS) is 27.7. The Bertz CT molecular complexity index is 2500. The van der Waals surface area contributed by atoms with Crippen molar-refractivity contribution in [3.63, 3.8) is 0 Å². The summed E-state index contributed by atoms with van der Waals surface area (Å²) in [6.07, 6.45) is 17.3. The number of aliphatic carboxylic acids is 1. The van der Waals surface area contributed by atoms with E-state index in [0.29, 0.717) is 42.2 Å². The Balaban J connectivity index is 0.831. The van der Waals surface area contributed by atoms with Crippen LogP contribution in [0.2, 0.25) is 0 Å². The number of nitrogens with one attached hydrogen (secondary N) is 2. The van der Waals surface area contributed by atoms with Crippen molar-refractivity contribution < 1.29 is 48.0 Å². The third-order valence-corrected chi connectivity index (χ3v) is 19.1. The number of nitrogens with zero attached hydrogens (tertiary/aromatic N) is 1. The van der Waals surface area contributed by atoms with Gasteiger partial charge in [-0.2, -0.15) is 0 Å². The Morgan fingerprint density at radius 3 is 2.19 bits per heavy atom. The van der Waals surface area contributed by atoms with Crippen molar-refractivity contribution in [2.75, 3.05) is 33.4 Å². The van der Waals surface area contributed by atoms with Crippen molar-refractivity contribution in [1.29, 1.82) is 5.41 Å². The van der Waals surface area contributed by atoms with Gasteiger partial charge in [0.2, 0.25) is 5.91 Å². The van der Waals surface area contributed by atoms with Crippen LogP contribution in [0.4, 0.5) is 4.79 Å². The molecule has 8 unspecified atom stereocenters. The Morgan fingerprint density at radius 2 is 1.51 bits per heavy atom. The van der Waals surface area contributed by atoms with Crippen LogP contribution < -0.4 is 14.8 Å². The van der Waals surface area contributed by atoms with Crippen molar-refractivity contribution in [3.8, 4) is 11.5 Å². The van der Waals surface area contributed by atoms with Crippen LogP contribution in [0, 0.1) is 57.7 Å². The number of ether oxygens (including phenoxy) is 5. The summed E-state index contributed by atoms with van der Waals surface area (Å²) in [5, 5.41) is 19.7. The summed E-state index contributed by atoms with van der Waals surface area (Å²) in [5.41, 5.74) is 3.37. The molecule has 4 aliphatic carbocycles. The van der Waals surface area contributed by atoms with Crippen molar-refractivity contribution in [3.05, 3.63) is 107 Å². The second-order valence-corrected chi connectivity index (χ2v) is 24.1. The predicted molar refractivity (Wildman–Crippen MR) is 298 cm³/mol. The molecule has 13 heteroatoms. The van der Waals surface area contributed by atoms with Crippen LogP contribution in [0.5, 0.6) is 11.5 Å². The highest BCUT2D eigenvalue weighted by Gasteiger charge is 2.59. The molecule has 13 nitrogen and oxygen atoms in total. The van der Waals surface area contributed by atoms with Crippen LogP contribution in [0.25, 0.3) is 0 Å². The number of carbonyl (C=O) groups is 4. The van der Waals surface area contributed by atoms with E-state index in [0.717, 1.165) is 78.4 Å². The lowest BCUT2D eigenvalue weighted by Crippen LogP contribution is -2.51. The standard InChI is InChI=1S/C64H87N3O10/c1-43(2)14-13-15-44(3)54-29-30-55-53-28-23-49-38-52(33-35-62(49,4)56(53)34-36-63(54,55)5)76-61(72)66-37-12-8-11-18-58(68)67-39-45(57(40-67)77-60(71)32-31-59(69)70)41-75-64(46-16-9-7-10-17-46,47-19-24-50(73-6)25-20-47)48-21-26-51(27-22-48)74-42-65/h7,9-10,16-17,19-27,42-45,52-57,65H,8,11-15,18,28-41H2,1-6H3,(H,66,72)(H,69,70)/t44?,45?,52?,53?,54-,55?,56?,57?,62+,63-,64?/m1/s1. The van der Waals surface area contributed by atoms with E-state index in [9.17, 15) is 24.3 Å². The molecule has 3 N–H and O–H groups in total. The van der Waals surface area contributed by atoms with Crippen LogP contribution in [0.3, 0.4) is 0 Å². The highest BCUT2D eigenvalue weighted by atomic mass is 16.6. The Kier molecular flexibility index (Phi) is 19.3. The fourth-order valence-corrected chi connectivity index (χ4v) is 15.0. The van der Waals surface area contributed by atoms with Crippen molar-refractivity contribution in [1.82, 2.24) is 10.2 Å². The van der Waals surface area contributed by atoms with Crippen molar-refractivity contribution in [2.24, 2.45) is 52.3 Å². The smallest absolute Gasteiger partial charge is 0.407 e. The van der Waals surface area contributed by atoms with Gasteiger partial charge in [-0.05, 0) is 145 Å². The molecule has 1 heterocycles. The Morgan fingerprint density at radius 1 is 0.792 bits per heavy atom. The SMILES string of the molecule is COc1ccc(C(OCC2CN(C(=O)CCCCCNC(=O)OC3CC[C@@]4(C)C(=CCC5C4CC[C@@]4(C)C5CC[C@@H]4C(C)CCCC(C)C)C3)CC2OC(=O)CCC(=O)O)(c2ccccc2)c2ccc(OC=N)cc2)cc1. The average Bonchev–Trinajstić information content (AvgIpc) is 4.00. The number of hydrogen-bond donors (Lipinski definition) is 3. The van der Waals surface area contributed by atoms with Gasteiger partial charge in [0.25, 0.3) is 0 Å². The number of carboxylic acid groups (broad SMARTS) is 1. The quantitative estimate of drug-likeness (QED) is 0.0185. The second-order valence-electron chi connectivity index (χ2n) is 24.1. The molecular weight excluding hydrogens is 971 g/mol. The van der Waals surface area contributed by atoms with Gasteiger partial charge in [-0.25, -0.2) is 4.79 Å². The number of alkyl carbamates (subject to hydrolysis) is 1. The number of likely N-dealkylation sites (tertiary alicyclic amines) is 1. The monoisotopic (exact) mass is 1060 g/mol. The molecule has 0 bridgehead atoms. The van der Waals surface area contributed by atoms with Crippen molar-refractivity contribution in [2.45, 2.75) is 162 Å². The zero-order chi connectivity index (χ0) is 54.7. The highest BCUT2D eigenvalue weighted by Crippen LogP contribution is 2.67. The van der Waals surface area contributed by atoms with Crippen LogP contribution in [-0.4, -0.2) is 85.9 Å². The molecule has 4 fully saturated rings. The minimum Gasteiger partial charge on any atom is -0.497 e. The molecule has 0 radical (unpaired) electrons. The van der Waals surface area contributed by atoms with E-state index in [1.807, 2.05) is 66.7 Å². The molecule has 77 heavy (non-hydrogen) atoms. The van der Waals surface area contributed by atoms with Gasteiger partial charge in [-0.1, -0.05) is 127 Å². The lowest BCUT2D eigenvalue weighted by molar-refractivity contribution is -0.154. The number of carbonyl (C=O) groups excluding carboxylic acids is 3. The van der Waals surface area contributed by atoms with Gasteiger partial charge in [-0.3, -0.25) is 19.8 Å². The molecule has 0 spiro atoms. The van der Waals surface area contributed by atoms with Gasteiger partial charge < -0.3 is 39.0 Å². The average molecular weight is 1060 g/mol. The van der Waals surface area contributed by atoms with Gasteiger partial charge in [0.05, 0.1) is 33.1 Å². The number of unbranched alkanes of at least 4 members (excludes halogenated alkanes) is 2. The van der Waals surface area contributed by atoms with E-state index in [1.165, 1.54) is 56.9 Å². The summed E-state index contributed by atoms with van der Waals surface area (Å²) in [5.74, 6) is 3.60. The zero-order valence-corrected chi connectivity index (χ0v) is 46.8. The minimum atomic E-state index is -1.19. The van der Waals surface area contributed by atoms with Gasteiger partial charge in [-0.15, -0.1) is 0 Å². The van der Waals surface area contributed by atoms with E-state index >= 15 is 0 Å². The topological polar surface area (TPSA) is 174 Å². The number of hydrogen-bond acceptors (Lipinski definition) is 10. The second kappa shape index (κ2) is 25.8. The summed E-state index contributed by atoms with van der Waals surface area (Å²) >= 11 is 0.